The monoisotopic (exact) mass is 289 g/mol. The second-order valence-electron chi connectivity index (χ2n) is 5.18. The molecule has 0 unspecified atom stereocenters. The lowest BCUT2D eigenvalue weighted by molar-refractivity contribution is 0.474. The van der Waals surface area contributed by atoms with Crippen molar-refractivity contribution in [1.82, 2.24) is 24.5 Å². The average Bonchev–Trinajstić information content (AvgIpc) is 3.01. The standard InChI is InChI=1S/C14H23N7/c1-5-14(4,6-2)20-12-17-11(16-7-3)18-13(19-12)21-9-8-15-10-21/h8-10H,5-7H2,1-4H3,(H2,16,17,18,19,20). The Morgan fingerprint density at radius 2 is 1.81 bits per heavy atom. The molecule has 7 nitrogen and oxygen atoms in total. The van der Waals surface area contributed by atoms with E-state index < -0.39 is 0 Å². The van der Waals surface area contributed by atoms with Crippen LogP contribution in [-0.2, 0) is 0 Å². The highest BCUT2D eigenvalue weighted by atomic mass is 15.3. The van der Waals surface area contributed by atoms with E-state index in [-0.39, 0.29) is 5.54 Å². The molecule has 0 atom stereocenters. The van der Waals surface area contributed by atoms with Gasteiger partial charge in [-0.15, -0.1) is 0 Å². The van der Waals surface area contributed by atoms with E-state index in [2.05, 4.69) is 51.3 Å². The Kier molecular flexibility index (Phi) is 4.72. The maximum atomic E-state index is 4.49. The highest BCUT2D eigenvalue weighted by Crippen LogP contribution is 2.20. The van der Waals surface area contributed by atoms with Crippen LogP contribution in [0.3, 0.4) is 0 Å². The first kappa shape index (κ1) is 15.2. The van der Waals surface area contributed by atoms with Gasteiger partial charge in [-0.25, -0.2) is 4.98 Å². The normalized spacial score (nSPS) is 11.4. The molecule has 0 amide bonds. The number of rotatable bonds is 7. The van der Waals surface area contributed by atoms with Crippen LogP contribution in [0.2, 0.25) is 0 Å². The fourth-order valence-electron chi connectivity index (χ4n) is 1.85. The van der Waals surface area contributed by atoms with Crippen molar-refractivity contribution in [3.63, 3.8) is 0 Å². The molecule has 2 N–H and O–H groups in total. The molecule has 0 saturated heterocycles. The van der Waals surface area contributed by atoms with Crippen molar-refractivity contribution in [1.29, 1.82) is 0 Å². The molecule has 114 valence electrons. The Morgan fingerprint density at radius 1 is 1.10 bits per heavy atom. The lowest BCUT2D eigenvalue weighted by Crippen LogP contribution is -2.34. The van der Waals surface area contributed by atoms with Crippen molar-refractivity contribution >= 4 is 11.9 Å². The zero-order valence-corrected chi connectivity index (χ0v) is 13.1. The van der Waals surface area contributed by atoms with Gasteiger partial charge in [0.1, 0.15) is 6.33 Å². The van der Waals surface area contributed by atoms with Crippen molar-refractivity contribution in [2.45, 2.75) is 46.1 Å². The van der Waals surface area contributed by atoms with Crippen LogP contribution in [0.1, 0.15) is 40.5 Å². The smallest absolute Gasteiger partial charge is 0.241 e. The van der Waals surface area contributed by atoms with Crippen molar-refractivity contribution in [2.75, 3.05) is 17.2 Å². The Bertz CT molecular complexity index is 561. The first-order chi connectivity index (χ1) is 10.1. The maximum Gasteiger partial charge on any atom is 0.241 e. The number of anilines is 2. The van der Waals surface area contributed by atoms with Crippen molar-refractivity contribution < 1.29 is 0 Å². The van der Waals surface area contributed by atoms with Gasteiger partial charge in [-0.05, 0) is 26.7 Å². The van der Waals surface area contributed by atoms with Gasteiger partial charge in [-0.3, -0.25) is 4.57 Å². The molecular weight excluding hydrogens is 266 g/mol. The minimum Gasteiger partial charge on any atom is -0.354 e. The molecule has 0 bridgehead atoms. The zero-order chi connectivity index (χ0) is 15.3. The highest BCUT2D eigenvalue weighted by Gasteiger charge is 2.21. The van der Waals surface area contributed by atoms with Gasteiger partial charge in [-0.2, -0.15) is 15.0 Å². The van der Waals surface area contributed by atoms with E-state index in [4.69, 9.17) is 0 Å². The van der Waals surface area contributed by atoms with E-state index in [1.54, 1.807) is 17.1 Å². The molecular formula is C14H23N7. The first-order valence-electron chi connectivity index (χ1n) is 7.36. The number of nitrogens with zero attached hydrogens (tertiary/aromatic N) is 5. The summed E-state index contributed by atoms with van der Waals surface area (Å²) in [7, 11) is 0. The fraction of sp³-hybridized carbons (Fsp3) is 0.571. The Morgan fingerprint density at radius 3 is 2.38 bits per heavy atom. The summed E-state index contributed by atoms with van der Waals surface area (Å²) in [6.07, 6.45) is 7.17. The maximum absolute atomic E-state index is 4.49. The van der Waals surface area contributed by atoms with E-state index in [1.807, 2.05) is 13.1 Å². The zero-order valence-electron chi connectivity index (χ0n) is 13.1. The van der Waals surface area contributed by atoms with Crippen LogP contribution in [0.5, 0.6) is 0 Å². The molecule has 2 rings (SSSR count). The number of hydrogen-bond donors (Lipinski definition) is 2. The summed E-state index contributed by atoms with van der Waals surface area (Å²) in [6.45, 7) is 9.24. The third kappa shape index (κ3) is 3.68. The molecule has 0 aliphatic heterocycles. The number of hydrogen-bond acceptors (Lipinski definition) is 6. The largest absolute Gasteiger partial charge is 0.354 e. The van der Waals surface area contributed by atoms with Gasteiger partial charge in [0, 0.05) is 24.5 Å². The van der Waals surface area contributed by atoms with E-state index in [0.29, 0.717) is 17.8 Å². The van der Waals surface area contributed by atoms with E-state index >= 15 is 0 Å². The number of aromatic nitrogens is 5. The van der Waals surface area contributed by atoms with Crippen molar-refractivity contribution in [3.8, 4) is 5.95 Å². The molecule has 0 saturated carbocycles. The Hall–Kier alpha value is -2.18. The molecule has 2 aromatic rings. The minimum absolute atomic E-state index is 0.0307. The van der Waals surface area contributed by atoms with Crippen LogP contribution in [-0.4, -0.2) is 36.6 Å². The minimum atomic E-state index is -0.0307. The lowest BCUT2D eigenvalue weighted by atomic mass is 9.96. The van der Waals surface area contributed by atoms with Crippen molar-refractivity contribution in [2.24, 2.45) is 0 Å². The molecule has 0 aromatic carbocycles. The van der Waals surface area contributed by atoms with Gasteiger partial charge >= 0.3 is 0 Å². The molecule has 0 aliphatic rings. The molecule has 2 heterocycles. The summed E-state index contributed by atoms with van der Waals surface area (Å²) in [4.78, 5) is 17.4. The van der Waals surface area contributed by atoms with Gasteiger partial charge < -0.3 is 10.6 Å². The van der Waals surface area contributed by atoms with E-state index in [1.165, 1.54) is 0 Å². The molecule has 21 heavy (non-hydrogen) atoms. The van der Waals surface area contributed by atoms with Crippen LogP contribution >= 0.6 is 0 Å². The summed E-state index contributed by atoms with van der Waals surface area (Å²) < 4.78 is 1.77. The second kappa shape index (κ2) is 6.51. The van der Waals surface area contributed by atoms with Gasteiger partial charge in [0.25, 0.3) is 0 Å². The van der Waals surface area contributed by atoms with Crippen molar-refractivity contribution in [3.05, 3.63) is 18.7 Å². The highest BCUT2D eigenvalue weighted by molar-refractivity contribution is 5.39. The Labute approximate surface area is 125 Å². The fourth-order valence-corrected chi connectivity index (χ4v) is 1.85. The van der Waals surface area contributed by atoms with Crippen LogP contribution < -0.4 is 10.6 Å². The molecule has 0 fully saturated rings. The lowest BCUT2D eigenvalue weighted by Gasteiger charge is -2.28. The Balaban J connectivity index is 2.36. The van der Waals surface area contributed by atoms with E-state index in [9.17, 15) is 0 Å². The van der Waals surface area contributed by atoms with Gasteiger partial charge in [0.05, 0.1) is 0 Å². The first-order valence-corrected chi connectivity index (χ1v) is 7.36. The summed E-state index contributed by atoms with van der Waals surface area (Å²) in [6, 6.07) is 0. The molecule has 2 aromatic heterocycles. The topological polar surface area (TPSA) is 80.5 Å². The predicted octanol–water partition coefficient (Wildman–Crippen LogP) is 2.48. The van der Waals surface area contributed by atoms with Crippen LogP contribution in [0.15, 0.2) is 18.7 Å². The van der Waals surface area contributed by atoms with Gasteiger partial charge in [0.2, 0.25) is 17.8 Å². The molecule has 0 aliphatic carbocycles. The predicted molar refractivity (Wildman–Crippen MR) is 83.7 cm³/mol. The van der Waals surface area contributed by atoms with Crippen LogP contribution in [0.4, 0.5) is 11.9 Å². The quantitative estimate of drug-likeness (QED) is 0.815. The number of nitrogens with one attached hydrogen (secondary N) is 2. The molecule has 0 spiro atoms. The van der Waals surface area contributed by atoms with Gasteiger partial charge in [-0.1, -0.05) is 13.8 Å². The average molecular weight is 289 g/mol. The summed E-state index contributed by atoms with van der Waals surface area (Å²) >= 11 is 0. The number of imidazole rings is 1. The SMILES string of the molecule is CCNc1nc(NC(C)(CC)CC)nc(-n2ccnc2)n1. The van der Waals surface area contributed by atoms with Crippen LogP contribution in [0, 0.1) is 0 Å². The molecule has 0 radical (unpaired) electrons. The second-order valence-corrected chi connectivity index (χ2v) is 5.18. The summed E-state index contributed by atoms with van der Waals surface area (Å²) in [5.74, 6) is 1.69. The van der Waals surface area contributed by atoms with E-state index in [0.717, 1.165) is 19.4 Å². The third-order valence-corrected chi connectivity index (χ3v) is 3.67. The summed E-state index contributed by atoms with van der Waals surface area (Å²) in [5, 5.41) is 6.56. The third-order valence-electron chi connectivity index (χ3n) is 3.67. The van der Waals surface area contributed by atoms with Crippen LogP contribution in [0.25, 0.3) is 5.95 Å². The summed E-state index contributed by atoms with van der Waals surface area (Å²) in [5.41, 5.74) is -0.0307. The molecule has 7 heteroatoms. The van der Waals surface area contributed by atoms with Gasteiger partial charge in [0.15, 0.2) is 0 Å².